The van der Waals surface area contributed by atoms with Crippen LogP contribution in [0.15, 0.2) is 99.6 Å². The second kappa shape index (κ2) is 10.5. The summed E-state index contributed by atoms with van der Waals surface area (Å²) in [5, 5.41) is 9.09. The van der Waals surface area contributed by atoms with Crippen molar-refractivity contribution in [3.63, 3.8) is 0 Å². The Kier molecular flexibility index (Phi) is 6.99. The summed E-state index contributed by atoms with van der Waals surface area (Å²) in [5.41, 5.74) is 9.28. The largest absolute Gasteiger partial charge is 0.278 e. The van der Waals surface area contributed by atoms with Gasteiger partial charge in [0, 0.05) is 22.5 Å². The van der Waals surface area contributed by atoms with Gasteiger partial charge in [0.15, 0.2) is 0 Å². The number of pyridine rings is 1. The minimum Gasteiger partial charge on any atom is -0.278 e. The number of aromatic nitrogens is 1. The van der Waals surface area contributed by atoms with Gasteiger partial charge in [-0.2, -0.15) is 10.2 Å². The van der Waals surface area contributed by atoms with Crippen LogP contribution in [0.3, 0.4) is 0 Å². The van der Waals surface area contributed by atoms with E-state index in [1.807, 2.05) is 78.9 Å². The molecular formula is C25H20BrN5O. The van der Waals surface area contributed by atoms with Gasteiger partial charge in [0.25, 0.3) is 5.91 Å². The van der Waals surface area contributed by atoms with Crippen molar-refractivity contribution in [2.24, 2.45) is 10.2 Å². The molecule has 0 bridgehead atoms. The topological polar surface area (TPSA) is 78.7 Å². The maximum absolute atomic E-state index is 12.8. The van der Waals surface area contributed by atoms with Crippen LogP contribution in [0.5, 0.6) is 0 Å². The number of hydrogen-bond donors (Lipinski definition) is 2. The molecule has 4 rings (SSSR count). The highest BCUT2D eigenvalue weighted by Crippen LogP contribution is 2.18. The van der Waals surface area contributed by atoms with Crippen molar-refractivity contribution in [2.75, 3.05) is 5.43 Å². The van der Waals surface area contributed by atoms with Gasteiger partial charge < -0.3 is 0 Å². The van der Waals surface area contributed by atoms with E-state index in [9.17, 15) is 4.79 Å². The predicted octanol–water partition coefficient (Wildman–Crippen LogP) is 5.40. The van der Waals surface area contributed by atoms with E-state index >= 15 is 0 Å². The predicted molar refractivity (Wildman–Crippen MR) is 133 cm³/mol. The molecule has 1 amide bonds. The number of hydrogen-bond acceptors (Lipinski definition) is 5. The molecule has 0 unspecified atom stereocenters. The van der Waals surface area contributed by atoms with Gasteiger partial charge in [0.1, 0.15) is 0 Å². The van der Waals surface area contributed by atoms with E-state index in [0.717, 1.165) is 21.1 Å². The number of benzene rings is 3. The summed E-state index contributed by atoms with van der Waals surface area (Å²) in [6.45, 7) is 0. The fourth-order valence-corrected chi connectivity index (χ4v) is 3.51. The lowest BCUT2D eigenvalue weighted by molar-refractivity contribution is 0.0956. The van der Waals surface area contributed by atoms with Crippen LogP contribution in [0.2, 0.25) is 0 Å². The molecule has 1 aromatic heterocycles. The van der Waals surface area contributed by atoms with Crippen LogP contribution in [0.1, 0.15) is 21.6 Å². The van der Waals surface area contributed by atoms with Crippen molar-refractivity contribution < 1.29 is 4.79 Å². The van der Waals surface area contributed by atoms with Crippen LogP contribution in [0, 0.1) is 0 Å². The highest BCUT2D eigenvalue weighted by atomic mass is 79.9. The molecule has 3 aromatic carbocycles. The molecule has 0 spiro atoms. The summed E-state index contributed by atoms with van der Waals surface area (Å²) in [4.78, 5) is 17.4. The van der Waals surface area contributed by atoms with Crippen LogP contribution in [0.4, 0.5) is 5.69 Å². The number of rotatable bonds is 7. The molecule has 2 N–H and O–H groups in total. The average molecular weight is 486 g/mol. The van der Waals surface area contributed by atoms with Crippen molar-refractivity contribution in [1.29, 1.82) is 0 Å². The Labute approximate surface area is 194 Å². The Morgan fingerprint density at radius 3 is 2.59 bits per heavy atom. The van der Waals surface area contributed by atoms with E-state index in [-0.39, 0.29) is 5.91 Å². The van der Waals surface area contributed by atoms with E-state index in [1.165, 1.54) is 0 Å². The first-order valence-electron chi connectivity index (χ1n) is 9.99. The van der Waals surface area contributed by atoms with Crippen LogP contribution >= 0.6 is 15.9 Å². The Balaban J connectivity index is 1.51. The minimum atomic E-state index is -0.303. The van der Waals surface area contributed by atoms with Gasteiger partial charge in [-0.25, -0.2) is 10.4 Å². The van der Waals surface area contributed by atoms with E-state index in [0.29, 0.717) is 23.2 Å². The van der Waals surface area contributed by atoms with Crippen molar-refractivity contribution in [3.05, 3.63) is 106 Å². The summed E-state index contributed by atoms with van der Waals surface area (Å²) in [6, 6.07) is 26.8. The van der Waals surface area contributed by atoms with Gasteiger partial charge in [0.2, 0.25) is 0 Å². The number of para-hydroxylation sites is 1. The molecule has 0 aliphatic carbocycles. The first-order chi connectivity index (χ1) is 15.7. The Morgan fingerprint density at radius 1 is 0.938 bits per heavy atom. The number of amides is 1. The molecule has 0 atom stereocenters. The maximum atomic E-state index is 12.8. The number of fused-ring (bicyclic) bond motifs is 1. The monoisotopic (exact) mass is 485 g/mol. The van der Waals surface area contributed by atoms with Crippen molar-refractivity contribution in [1.82, 2.24) is 10.4 Å². The van der Waals surface area contributed by atoms with Gasteiger partial charge >= 0.3 is 0 Å². The van der Waals surface area contributed by atoms with Crippen LogP contribution < -0.4 is 10.9 Å². The van der Waals surface area contributed by atoms with E-state index in [4.69, 9.17) is 0 Å². The van der Waals surface area contributed by atoms with E-state index in [1.54, 1.807) is 18.5 Å². The molecular weight excluding hydrogens is 466 g/mol. The van der Waals surface area contributed by atoms with Gasteiger partial charge in [-0.15, -0.1) is 0 Å². The fourth-order valence-electron chi connectivity index (χ4n) is 3.11. The summed E-state index contributed by atoms with van der Waals surface area (Å²) < 4.78 is 0.952. The molecule has 32 heavy (non-hydrogen) atoms. The highest BCUT2D eigenvalue weighted by Gasteiger charge is 2.12. The average Bonchev–Trinajstić information content (AvgIpc) is 2.82. The molecule has 0 fully saturated rings. The lowest BCUT2D eigenvalue weighted by atomic mass is 10.1. The van der Waals surface area contributed by atoms with Gasteiger partial charge in [-0.3, -0.25) is 10.2 Å². The summed E-state index contributed by atoms with van der Waals surface area (Å²) in [6.07, 6.45) is 3.90. The Bertz CT molecular complexity index is 1290. The molecule has 0 aliphatic heterocycles. The second-order valence-electron chi connectivity index (χ2n) is 6.93. The summed E-state index contributed by atoms with van der Waals surface area (Å²) in [7, 11) is 0. The molecule has 158 valence electrons. The number of carbonyl (C=O) groups excluding carboxylic acids is 1. The van der Waals surface area contributed by atoms with Crippen molar-refractivity contribution in [2.45, 2.75) is 6.42 Å². The number of nitrogens with zero attached hydrogens (tertiary/aromatic N) is 3. The standard InChI is InChI=1S/C25H20BrN5O/c26-19-9-6-10-20(15-19)30-28-17-21-16-23(22-11-4-5-12-24(22)29-21)25(32)31-27-14-13-18-7-2-1-3-8-18/h1-12,14-17,30H,13H2,(H,31,32)/b27-14-,28-17+. The SMILES string of the molecule is O=C(N/N=C\Cc1ccccc1)c1cc(/C=N/Nc2cccc(Br)c2)nc2ccccc12. The molecule has 0 radical (unpaired) electrons. The zero-order valence-corrected chi connectivity index (χ0v) is 18.7. The smallest absolute Gasteiger partial charge is 0.272 e. The third-order valence-electron chi connectivity index (χ3n) is 4.62. The first kappa shape index (κ1) is 21.4. The van der Waals surface area contributed by atoms with Crippen LogP contribution in [-0.2, 0) is 6.42 Å². The number of carbonyl (C=O) groups is 1. The lowest BCUT2D eigenvalue weighted by Crippen LogP contribution is -2.18. The number of hydrazone groups is 2. The Hall–Kier alpha value is -3.84. The zero-order chi connectivity index (χ0) is 22.2. The van der Waals surface area contributed by atoms with Gasteiger partial charge in [-0.05, 0) is 35.9 Å². The van der Waals surface area contributed by atoms with E-state index < -0.39 is 0 Å². The molecule has 1 heterocycles. The van der Waals surface area contributed by atoms with Crippen molar-refractivity contribution in [3.8, 4) is 0 Å². The number of nitrogens with one attached hydrogen (secondary N) is 2. The lowest BCUT2D eigenvalue weighted by Gasteiger charge is -2.07. The molecule has 0 saturated heterocycles. The van der Waals surface area contributed by atoms with Gasteiger partial charge in [-0.1, -0.05) is 70.5 Å². The molecule has 4 aromatic rings. The van der Waals surface area contributed by atoms with Gasteiger partial charge in [0.05, 0.1) is 28.7 Å². The first-order valence-corrected chi connectivity index (χ1v) is 10.8. The molecule has 0 saturated carbocycles. The molecule has 6 nitrogen and oxygen atoms in total. The highest BCUT2D eigenvalue weighted by molar-refractivity contribution is 9.10. The van der Waals surface area contributed by atoms with E-state index in [2.05, 4.69) is 42.0 Å². The summed E-state index contributed by atoms with van der Waals surface area (Å²) >= 11 is 3.43. The minimum absolute atomic E-state index is 0.303. The van der Waals surface area contributed by atoms with Crippen molar-refractivity contribution >= 4 is 50.9 Å². The number of halogens is 1. The Morgan fingerprint density at radius 2 is 1.75 bits per heavy atom. The number of anilines is 1. The summed E-state index contributed by atoms with van der Waals surface area (Å²) in [5.74, 6) is -0.303. The third kappa shape index (κ3) is 5.65. The molecule has 7 heteroatoms. The quantitative estimate of drug-likeness (QED) is 0.271. The fraction of sp³-hybridized carbons (Fsp3) is 0.0400. The van der Waals surface area contributed by atoms with Crippen LogP contribution in [0.25, 0.3) is 10.9 Å². The van der Waals surface area contributed by atoms with Crippen LogP contribution in [-0.4, -0.2) is 23.3 Å². The third-order valence-corrected chi connectivity index (χ3v) is 5.12. The second-order valence-corrected chi connectivity index (χ2v) is 7.85. The zero-order valence-electron chi connectivity index (χ0n) is 17.1. The maximum Gasteiger partial charge on any atom is 0.272 e. The molecule has 0 aliphatic rings. The normalized spacial score (nSPS) is 11.3.